The van der Waals surface area contributed by atoms with Gasteiger partial charge in [-0.2, -0.15) is 0 Å². The van der Waals surface area contributed by atoms with E-state index in [-0.39, 0.29) is 66.6 Å². The Balaban J connectivity index is -0.000000102. The molecular formula is C83H178O20. The van der Waals surface area contributed by atoms with Crippen LogP contribution in [0.2, 0.25) is 0 Å². The molecule has 0 spiro atoms. The van der Waals surface area contributed by atoms with Crippen molar-refractivity contribution in [3.63, 3.8) is 0 Å². The molecular weight excluding hydrogens is 1320 g/mol. The summed E-state index contributed by atoms with van der Waals surface area (Å²) < 4.78 is 52.0. The lowest BCUT2D eigenvalue weighted by atomic mass is 9.96. The van der Waals surface area contributed by atoms with E-state index in [1.165, 1.54) is 64.7 Å². The van der Waals surface area contributed by atoms with E-state index < -0.39 is 44.0 Å². The van der Waals surface area contributed by atoms with Gasteiger partial charge in [0.1, 0.15) is 0 Å². The van der Waals surface area contributed by atoms with Crippen LogP contribution in [0.25, 0.3) is 0 Å². The third-order valence-corrected chi connectivity index (χ3v) is 12.2. The van der Waals surface area contributed by atoms with Crippen LogP contribution in [0.1, 0.15) is 320 Å². The van der Waals surface area contributed by atoms with Gasteiger partial charge in [0.15, 0.2) is 37.7 Å². The maximum absolute atomic E-state index is 9.42. The maximum atomic E-state index is 9.42. The van der Waals surface area contributed by atoms with Crippen LogP contribution in [0.15, 0.2) is 62.0 Å². The number of rotatable bonds is 23. The molecule has 0 saturated heterocycles. The highest BCUT2D eigenvalue weighted by Gasteiger charge is 2.25. The van der Waals surface area contributed by atoms with Gasteiger partial charge in [0.05, 0.1) is 60.2 Å². The summed E-state index contributed by atoms with van der Waals surface area (Å²) in [5, 5.41) is 63.8. The van der Waals surface area contributed by atoms with E-state index in [1.807, 2.05) is 192 Å². The molecule has 0 radical (unpaired) electrons. The lowest BCUT2D eigenvalue weighted by molar-refractivity contribution is -0.185. The van der Waals surface area contributed by atoms with Crippen molar-refractivity contribution in [2.24, 2.45) is 38.9 Å². The fourth-order valence-corrected chi connectivity index (χ4v) is 6.98. The molecule has 103 heavy (non-hydrogen) atoms. The molecule has 2 aliphatic carbocycles. The van der Waals surface area contributed by atoms with Gasteiger partial charge >= 0.3 is 0 Å². The van der Waals surface area contributed by atoms with Crippen LogP contribution in [-0.4, -0.2) is 170 Å². The van der Waals surface area contributed by atoms with Crippen LogP contribution in [0.4, 0.5) is 0 Å². The molecule has 2 fully saturated rings. The smallest absolute Gasteiger partial charge is 0.201 e. The minimum Gasteiger partial charge on any atom is -0.472 e. The molecule has 0 aromatic rings. The lowest BCUT2D eigenvalue weighted by Gasteiger charge is -2.25. The Labute approximate surface area is 635 Å². The molecule has 2 saturated carbocycles. The SMILES string of the molecule is C=C/C=C\C=C\OC(O)C(C)(C)C.C=CCC/C=C/C(O)OC(C)(C)C.CC(C)(C)COC1CCCC1.CC(C)(C)OCC1CCCC1.CC(C)C(O)OC(C)(C)C.CC(O)OC(C)(C)C.CCC(O)OC(C)(C)C.CCOC(O)C(C)(C)C.CCOCC(C)(C)C.COC(O)C(C)(C)C.O.O.O. The zero-order valence-electron chi connectivity index (χ0n) is 73.8. The predicted molar refractivity (Wildman–Crippen MR) is 433 cm³/mol. The molecule has 2 aliphatic rings. The number of unbranched alkanes of at least 4 members (excludes halogenated alkanes) is 1. The van der Waals surface area contributed by atoms with E-state index in [0.29, 0.717) is 30.0 Å². The van der Waals surface area contributed by atoms with Crippen molar-refractivity contribution >= 4 is 0 Å². The summed E-state index contributed by atoms with van der Waals surface area (Å²) >= 11 is 0. The molecule has 2 rings (SSSR count). The standard InChI is InChI=1S/C11H18O2.C11H20O2.2C10H20O.C8H18O2.2C7H16O2.C7H16O.2C6H14O2.3H2O/c1-5-6-7-8-9-13-10(12)11(2,3)4;1-5-6-7-8-9-10(12)13-11(2,3)4;1-10(2,3)8-11-9-6-4-5-7-9;1-10(2,3)11-8-9-6-4-5-7-9;1-6(2)7(9)10-8(3,4)5;1-5-9-6(8)7(2,3)4;1-5-6(8)9-7(2,3)4;1-5-8-6-7(2,3)4;1-6(2,3)5(7)8-4;1-5(7)8-6(2,3)4;;;/h5-10,12H,1H2,2-4H3;5,8-10,12H,1,6-7H2,2-4H3;2*9H,4-8H2,1-3H3;6-7,9H,1-5H3;2*6,8H,5H2,1-4H3;5-6H2,1-4H3;2*5,7H,1-4H3;3*1H2/b7-6-,9-8+;9-8+;;;;;;;;;;;. The Bertz CT molecular complexity index is 1860. The lowest BCUT2D eigenvalue weighted by Crippen LogP contribution is -2.30. The molecule has 20 nitrogen and oxygen atoms in total. The predicted octanol–water partition coefficient (Wildman–Crippen LogP) is 17.7. The third-order valence-electron chi connectivity index (χ3n) is 12.2. The van der Waals surface area contributed by atoms with Crippen LogP contribution in [0, 0.1) is 38.9 Å². The van der Waals surface area contributed by atoms with Crippen molar-refractivity contribution in [2.75, 3.05) is 40.1 Å². The average Bonchev–Trinajstić information content (AvgIpc) is 1.52. The fraction of sp³-hybridized carbons (Fsp3) is 0.880. The molecule has 0 aromatic carbocycles. The van der Waals surface area contributed by atoms with Crippen molar-refractivity contribution in [3.8, 4) is 0 Å². The first kappa shape index (κ1) is 124. The number of methoxy groups -OCH3 is 1. The highest BCUT2D eigenvalue weighted by atomic mass is 16.6. The van der Waals surface area contributed by atoms with Crippen LogP contribution in [0.3, 0.4) is 0 Å². The number of allylic oxidation sites excluding steroid dienone is 6. The quantitative estimate of drug-likeness (QED) is 0.0164. The Hall–Kier alpha value is -2.26. The van der Waals surface area contributed by atoms with Gasteiger partial charge in [-0.15, -0.1) is 6.58 Å². The fourth-order valence-electron chi connectivity index (χ4n) is 6.98. The molecule has 7 unspecified atom stereocenters. The van der Waals surface area contributed by atoms with Gasteiger partial charge in [-0.05, 0) is 198 Å². The van der Waals surface area contributed by atoms with Gasteiger partial charge in [0, 0.05) is 42.5 Å². The van der Waals surface area contributed by atoms with Gasteiger partial charge < -0.3 is 99.5 Å². The summed E-state index contributed by atoms with van der Waals surface area (Å²) in [6.45, 7) is 82.4. The van der Waals surface area contributed by atoms with Crippen LogP contribution in [-0.2, 0) is 47.4 Å². The van der Waals surface area contributed by atoms with Gasteiger partial charge in [-0.1, -0.05) is 187 Å². The topological polar surface area (TPSA) is 328 Å². The highest BCUT2D eigenvalue weighted by molar-refractivity contribution is 5.07. The van der Waals surface area contributed by atoms with E-state index >= 15 is 0 Å². The zero-order chi connectivity index (χ0) is 80.8. The van der Waals surface area contributed by atoms with Gasteiger partial charge in [-0.25, -0.2) is 0 Å². The molecule has 0 amide bonds. The number of ether oxygens (including phenoxy) is 10. The Morgan fingerprint density at radius 1 is 0.466 bits per heavy atom. The average molecular weight is 1500 g/mol. The van der Waals surface area contributed by atoms with Crippen LogP contribution in [0.5, 0.6) is 0 Å². The minimum atomic E-state index is -0.801. The number of hydrogen-bond donors (Lipinski definition) is 7. The molecule has 0 bridgehead atoms. The van der Waals surface area contributed by atoms with E-state index in [1.54, 1.807) is 37.3 Å². The van der Waals surface area contributed by atoms with Crippen molar-refractivity contribution in [1.82, 2.24) is 0 Å². The minimum absolute atomic E-state index is 0. The van der Waals surface area contributed by atoms with E-state index in [2.05, 4.69) is 80.2 Å². The Kier molecular flexibility index (Phi) is 79.3. The summed E-state index contributed by atoms with van der Waals surface area (Å²) in [5.41, 5.74) is -0.853. The zero-order valence-corrected chi connectivity index (χ0v) is 73.8. The Morgan fingerprint density at radius 2 is 0.883 bits per heavy atom. The second kappa shape index (κ2) is 65.6. The molecule has 0 heterocycles. The normalized spacial score (nSPS) is 16.0. The van der Waals surface area contributed by atoms with Gasteiger partial charge in [0.25, 0.3) is 0 Å². The molecule has 630 valence electrons. The maximum Gasteiger partial charge on any atom is 0.201 e. The number of aliphatic hydroxyl groups excluding tert-OH is 7. The summed E-state index contributed by atoms with van der Waals surface area (Å²) in [4.78, 5) is 0. The number of hydrogen-bond acceptors (Lipinski definition) is 17. The van der Waals surface area contributed by atoms with Gasteiger partial charge in [0.2, 0.25) is 6.29 Å². The molecule has 0 aromatic heterocycles. The van der Waals surface area contributed by atoms with E-state index in [9.17, 15) is 15.3 Å². The molecule has 13 N–H and O–H groups in total. The first-order valence-corrected chi connectivity index (χ1v) is 37.1. The monoisotopic (exact) mass is 1500 g/mol. The summed E-state index contributed by atoms with van der Waals surface area (Å²) in [6.07, 6.45) is 23.0. The number of aliphatic hydroxyl groups is 7. The summed E-state index contributed by atoms with van der Waals surface area (Å²) in [5.74, 6) is 1.02. The second-order valence-corrected chi connectivity index (χ2v) is 36.2. The Morgan fingerprint density at radius 3 is 1.14 bits per heavy atom. The summed E-state index contributed by atoms with van der Waals surface area (Å²) in [7, 11) is 1.50. The van der Waals surface area contributed by atoms with Crippen molar-refractivity contribution in [3.05, 3.63) is 62.0 Å². The first-order chi connectivity index (χ1) is 44.8. The largest absolute Gasteiger partial charge is 0.472 e. The second-order valence-electron chi connectivity index (χ2n) is 36.2. The highest BCUT2D eigenvalue weighted by Crippen LogP contribution is 2.27. The summed E-state index contributed by atoms with van der Waals surface area (Å²) in [6, 6.07) is 0. The molecule has 20 heteroatoms. The van der Waals surface area contributed by atoms with Crippen molar-refractivity contribution in [1.29, 1.82) is 0 Å². The van der Waals surface area contributed by atoms with Crippen LogP contribution >= 0.6 is 0 Å². The first-order valence-electron chi connectivity index (χ1n) is 37.1. The van der Waals surface area contributed by atoms with Crippen LogP contribution < -0.4 is 0 Å². The third kappa shape index (κ3) is 116. The van der Waals surface area contributed by atoms with E-state index in [4.69, 9.17) is 63.1 Å². The van der Waals surface area contributed by atoms with E-state index in [0.717, 1.165) is 45.2 Å². The van der Waals surface area contributed by atoms with Gasteiger partial charge in [-0.3, -0.25) is 0 Å². The molecule has 0 aliphatic heterocycles. The molecule has 7 atom stereocenters. The van der Waals surface area contributed by atoms with Crippen molar-refractivity contribution < 1.29 is 99.5 Å². The van der Waals surface area contributed by atoms with Crippen molar-refractivity contribution in [2.45, 2.75) is 398 Å².